The van der Waals surface area contributed by atoms with E-state index >= 15 is 0 Å². The summed E-state index contributed by atoms with van der Waals surface area (Å²) in [4.78, 5) is 14.1. The van der Waals surface area contributed by atoms with Gasteiger partial charge in [-0.05, 0) is 38.1 Å². The van der Waals surface area contributed by atoms with Gasteiger partial charge in [-0.25, -0.2) is 0 Å². The van der Waals surface area contributed by atoms with E-state index in [1.807, 2.05) is 6.92 Å². The molecule has 1 aromatic heterocycles. The molecule has 0 aliphatic carbocycles. The second kappa shape index (κ2) is 9.11. The number of aryl methyl sites for hydroxylation is 2. The van der Waals surface area contributed by atoms with E-state index < -0.39 is 6.36 Å². The molecule has 0 N–H and O–H groups in total. The fraction of sp³-hybridized carbons (Fsp3) is 0.273. The Balaban J connectivity index is 1.70. The largest absolute Gasteiger partial charge is 0.573 e. The van der Waals surface area contributed by atoms with Crippen molar-refractivity contribution >= 4 is 5.91 Å². The molecule has 9 heteroatoms. The summed E-state index contributed by atoms with van der Waals surface area (Å²) in [5, 5.41) is 3.87. The number of amides is 1. The third kappa shape index (κ3) is 5.78. The molecule has 1 heterocycles. The summed E-state index contributed by atoms with van der Waals surface area (Å²) in [6.45, 7) is 3.77. The third-order valence-electron chi connectivity index (χ3n) is 4.60. The molecule has 0 aliphatic rings. The topological polar surface area (TPSA) is 64.8 Å². The molecule has 31 heavy (non-hydrogen) atoms. The van der Waals surface area contributed by atoms with E-state index in [0.29, 0.717) is 17.1 Å². The van der Waals surface area contributed by atoms with Crippen molar-refractivity contribution in [3.8, 4) is 11.5 Å². The first-order chi connectivity index (χ1) is 14.6. The quantitative estimate of drug-likeness (QED) is 0.521. The summed E-state index contributed by atoms with van der Waals surface area (Å²) in [7, 11) is 1.50. The Morgan fingerprint density at radius 3 is 2.55 bits per heavy atom. The highest BCUT2D eigenvalue weighted by Gasteiger charge is 2.32. The van der Waals surface area contributed by atoms with E-state index in [1.165, 1.54) is 30.1 Å². The van der Waals surface area contributed by atoms with Gasteiger partial charge in [0.1, 0.15) is 23.9 Å². The number of rotatable bonds is 7. The van der Waals surface area contributed by atoms with Crippen molar-refractivity contribution in [3.05, 3.63) is 76.7 Å². The number of carbonyl (C=O) groups is 1. The smallest absolute Gasteiger partial charge is 0.489 e. The molecule has 0 aliphatic heterocycles. The van der Waals surface area contributed by atoms with Crippen LogP contribution in [0.15, 0.2) is 53.1 Å². The van der Waals surface area contributed by atoms with Crippen LogP contribution in [0.2, 0.25) is 0 Å². The van der Waals surface area contributed by atoms with Gasteiger partial charge in [0.05, 0.1) is 11.3 Å². The molecule has 0 unspecified atom stereocenters. The highest BCUT2D eigenvalue weighted by atomic mass is 19.4. The monoisotopic (exact) mass is 434 g/mol. The summed E-state index contributed by atoms with van der Waals surface area (Å²) in [6.07, 6.45) is -4.81. The van der Waals surface area contributed by atoms with Gasteiger partial charge >= 0.3 is 6.36 Å². The SMILES string of the molecule is Cc1noc(C)c1COc1cccc(C(=O)N(C)Cc2ccccc2OC(F)(F)F)c1. The van der Waals surface area contributed by atoms with E-state index in [0.717, 1.165) is 11.3 Å². The predicted octanol–water partition coefficient (Wildman–Crippen LogP) is 5.04. The lowest BCUT2D eigenvalue weighted by molar-refractivity contribution is -0.275. The van der Waals surface area contributed by atoms with Crippen LogP contribution in [-0.2, 0) is 13.2 Å². The van der Waals surface area contributed by atoms with Crippen molar-refractivity contribution in [1.82, 2.24) is 10.1 Å². The Labute approximate surface area is 177 Å². The van der Waals surface area contributed by atoms with Crippen LogP contribution >= 0.6 is 0 Å². The van der Waals surface area contributed by atoms with E-state index in [2.05, 4.69) is 9.89 Å². The molecule has 1 amide bonds. The zero-order valence-corrected chi connectivity index (χ0v) is 17.2. The molecule has 0 atom stereocenters. The average molecular weight is 434 g/mol. The number of carbonyl (C=O) groups excluding carboxylic acids is 1. The number of nitrogens with zero attached hydrogens (tertiary/aromatic N) is 2. The Kier molecular flexibility index (Phi) is 6.53. The van der Waals surface area contributed by atoms with Gasteiger partial charge in [-0.2, -0.15) is 0 Å². The number of ether oxygens (including phenoxy) is 2. The summed E-state index contributed by atoms with van der Waals surface area (Å²) < 4.78 is 52.8. The van der Waals surface area contributed by atoms with Crippen molar-refractivity contribution in [2.75, 3.05) is 7.05 Å². The first kappa shape index (κ1) is 22.2. The summed E-state index contributed by atoms with van der Waals surface area (Å²) in [6, 6.07) is 12.3. The molecule has 0 saturated heterocycles. The van der Waals surface area contributed by atoms with Gasteiger partial charge in [0.25, 0.3) is 5.91 Å². The maximum atomic E-state index is 12.8. The highest BCUT2D eigenvalue weighted by molar-refractivity contribution is 5.94. The lowest BCUT2D eigenvalue weighted by Gasteiger charge is -2.20. The number of halogens is 3. The Hall–Kier alpha value is -3.49. The molecular weight excluding hydrogens is 413 g/mol. The molecule has 2 aromatic carbocycles. The summed E-state index contributed by atoms with van der Waals surface area (Å²) in [5.41, 5.74) is 2.13. The van der Waals surface area contributed by atoms with Crippen LogP contribution in [0, 0.1) is 13.8 Å². The number of hydrogen-bond donors (Lipinski definition) is 0. The molecule has 3 aromatic rings. The highest BCUT2D eigenvalue weighted by Crippen LogP contribution is 2.27. The number of aromatic nitrogens is 1. The summed E-state index contributed by atoms with van der Waals surface area (Å²) >= 11 is 0. The molecule has 0 fully saturated rings. The van der Waals surface area contributed by atoms with Crippen molar-refractivity contribution in [2.45, 2.75) is 33.4 Å². The normalized spacial score (nSPS) is 11.3. The van der Waals surface area contributed by atoms with Gasteiger partial charge in [-0.15, -0.1) is 13.2 Å². The number of hydrogen-bond acceptors (Lipinski definition) is 5. The lowest BCUT2D eigenvalue weighted by Crippen LogP contribution is -2.27. The maximum absolute atomic E-state index is 12.8. The molecule has 164 valence electrons. The van der Waals surface area contributed by atoms with E-state index in [1.54, 1.807) is 37.3 Å². The van der Waals surface area contributed by atoms with Gasteiger partial charge < -0.3 is 18.9 Å². The first-order valence-corrected chi connectivity index (χ1v) is 9.38. The first-order valence-electron chi connectivity index (χ1n) is 9.38. The minimum Gasteiger partial charge on any atom is -0.489 e. The molecular formula is C22H21F3N2O4. The molecule has 0 spiro atoms. The molecule has 0 radical (unpaired) electrons. The minimum absolute atomic E-state index is 0.0603. The van der Waals surface area contributed by atoms with Crippen LogP contribution in [0.25, 0.3) is 0 Å². The van der Waals surface area contributed by atoms with Crippen LogP contribution in [0.5, 0.6) is 11.5 Å². The van der Waals surface area contributed by atoms with Gasteiger partial charge in [-0.1, -0.05) is 29.4 Å². The maximum Gasteiger partial charge on any atom is 0.573 e. The Morgan fingerprint density at radius 1 is 1.13 bits per heavy atom. The predicted molar refractivity (Wildman–Crippen MR) is 106 cm³/mol. The molecule has 0 saturated carbocycles. The van der Waals surface area contributed by atoms with Gasteiger partial charge in [-0.3, -0.25) is 4.79 Å². The van der Waals surface area contributed by atoms with Gasteiger partial charge in [0, 0.05) is 24.7 Å². The third-order valence-corrected chi connectivity index (χ3v) is 4.60. The van der Waals surface area contributed by atoms with Crippen LogP contribution in [0.4, 0.5) is 13.2 Å². The Bertz CT molecular complexity index is 1040. The van der Waals surface area contributed by atoms with Crippen LogP contribution in [-0.4, -0.2) is 29.4 Å². The van der Waals surface area contributed by atoms with E-state index in [4.69, 9.17) is 9.26 Å². The second-order valence-electron chi connectivity index (χ2n) is 6.94. The van der Waals surface area contributed by atoms with Crippen molar-refractivity contribution in [3.63, 3.8) is 0 Å². The standard InChI is InChI=1S/C22H21F3N2O4/c1-14-19(15(2)31-26-14)13-29-18-9-6-8-16(11-18)21(28)27(3)12-17-7-4-5-10-20(17)30-22(23,24)25/h4-11H,12-13H2,1-3H3. The summed E-state index contributed by atoms with van der Waals surface area (Å²) in [5.74, 6) is 0.417. The molecule has 3 rings (SSSR count). The lowest BCUT2D eigenvalue weighted by atomic mass is 10.1. The molecule has 0 bridgehead atoms. The number of benzene rings is 2. The van der Waals surface area contributed by atoms with Crippen LogP contribution in [0.1, 0.15) is 32.9 Å². The van der Waals surface area contributed by atoms with Gasteiger partial charge in [0.2, 0.25) is 0 Å². The second-order valence-corrected chi connectivity index (χ2v) is 6.94. The minimum atomic E-state index is -4.81. The van der Waals surface area contributed by atoms with Crippen molar-refractivity contribution in [2.24, 2.45) is 0 Å². The fourth-order valence-corrected chi connectivity index (χ4v) is 2.99. The number of para-hydroxylation sites is 1. The van der Waals surface area contributed by atoms with Crippen LogP contribution < -0.4 is 9.47 Å². The van der Waals surface area contributed by atoms with Crippen molar-refractivity contribution in [1.29, 1.82) is 0 Å². The fourth-order valence-electron chi connectivity index (χ4n) is 2.99. The zero-order chi connectivity index (χ0) is 22.6. The number of alkyl halides is 3. The van der Waals surface area contributed by atoms with E-state index in [-0.39, 0.29) is 30.4 Å². The Morgan fingerprint density at radius 2 is 1.87 bits per heavy atom. The average Bonchev–Trinajstić information content (AvgIpc) is 3.04. The van der Waals surface area contributed by atoms with Crippen LogP contribution in [0.3, 0.4) is 0 Å². The molecule has 6 nitrogen and oxygen atoms in total. The zero-order valence-electron chi connectivity index (χ0n) is 17.2. The van der Waals surface area contributed by atoms with Gasteiger partial charge in [0.15, 0.2) is 0 Å². The van der Waals surface area contributed by atoms with E-state index in [9.17, 15) is 18.0 Å². The van der Waals surface area contributed by atoms with Crippen molar-refractivity contribution < 1.29 is 32.0 Å².